The van der Waals surface area contributed by atoms with Gasteiger partial charge in [0.25, 0.3) is 5.91 Å². The molecule has 0 spiro atoms. The highest BCUT2D eigenvalue weighted by Crippen LogP contribution is 2.32. The third-order valence-corrected chi connectivity index (χ3v) is 6.21. The average Bonchev–Trinajstić information content (AvgIpc) is 2.73. The summed E-state index contributed by atoms with van der Waals surface area (Å²) in [5.74, 6) is 0.204. The van der Waals surface area contributed by atoms with Crippen molar-refractivity contribution in [3.8, 4) is 11.1 Å². The summed E-state index contributed by atoms with van der Waals surface area (Å²) in [6.45, 7) is 1.25. The zero-order chi connectivity index (χ0) is 21.1. The van der Waals surface area contributed by atoms with Gasteiger partial charge in [0.1, 0.15) is 0 Å². The van der Waals surface area contributed by atoms with Gasteiger partial charge in [-0.1, -0.05) is 30.7 Å². The smallest absolute Gasteiger partial charge is 0.256 e. The Kier molecular flexibility index (Phi) is 5.86. The Balaban J connectivity index is 1.56. The van der Waals surface area contributed by atoms with Crippen LogP contribution in [-0.4, -0.2) is 66.0 Å². The molecule has 158 valence electrons. The van der Waals surface area contributed by atoms with Gasteiger partial charge in [-0.25, -0.2) is 0 Å². The summed E-state index contributed by atoms with van der Waals surface area (Å²) in [7, 11) is 3.49. The van der Waals surface area contributed by atoms with Crippen molar-refractivity contribution >= 4 is 11.8 Å². The van der Waals surface area contributed by atoms with Gasteiger partial charge in [0.15, 0.2) is 5.60 Å². The summed E-state index contributed by atoms with van der Waals surface area (Å²) in [4.78, 5) is 33.5. The predicted molar refractivity (Wildman–Crippen MR) is 115 cm³/mol. The van der Waals surface area contributed by atoms with E-state index in [4.69, 9.17) is 4.74 Å². The zero-order valence-electron chi connectivity index (χ0n) is 17.7. The topological polar surface area (TPSA) is 62.7 Å². The Morgan fingerprint density at radius 1 is 1.10 bits per heavy atom. The van der Waals surface area contributed by atoms with Gasteiger partial charge < -0.3 is 14.5 Å². The van der Waals surface area contributed by atoms with Crippen LogP contribution in [0.25, 0.3) is 11.1 Å². The minimum Gasteiger partial charge on any atom is -0.361 e. The summed E-state index contributed by atoms with van der Waals surface area (Å²) in [5, 5.41) is 0. The Morgan fingerprint density at radius 2 is 1.77 bits per heavy atom. The first-order valence-electron chi connectivity index (χ1n) is 10.6. The summed E-state index contributed by atoms with van der Waals surface area (Å²) < 4.78 is 6.13. The Hall–Kier alpha value is -2.73. The lowest BCUT2D eigenvalue weighted by Crippen LogP contribution is -2.62. The van der Waals surface area contributed by atoms with Crippen molar-refractivity contribution in [3.05, 3.63) is 54.4 Å². The number of hydrogen-bond donors (Lipinski definition) is 0. The maximum Gasteiger partial charge on any atom is 0.256 e. The molecule has 2 fully saturated rings. The number of hydrogen-bond acceptors (Lipinski definition) is 4. The highest BCUT2D eigenvalue weighted by molar-refractivity contribution is 5.87. The molecular weight excluding hydrogens is 378 g/mol. The molecule has 2 aliphatic rings. The van der Waals surface area contributed by atoms with E-state index in [9.17, 15) is 9.59 Å². The van der Waals surface area contributed by atoms with E-state index in [0.29, 0.717) is 26.1 Å². The van der Waals surface area contributed by atoms with Crippen LogP contribution < -0.4 is 0 Å². The van der Waals surface area contributed by atoms with E-state index in [1.165, 1.54) is 0 Å². The summed E-state index contributed by atoms with van der Waals surface area (Å²) in [5.41, 5.74) is 2.17. The second-order valence-corrected chi connectivity index (χ2v) is 8.54. The standard InChI is InChI=1S/C24H29N3O3/c1-26(2)23(29)24(17-27(14-15-30-24)22(28)21-4-3-5-21)16-18-6-8-19(9-7-18)20-10-12-25-13-11-20/h6-13,21H,3-5,14-17H2,1-2H3/t24-/m0/s1. The number of ether oxygens (including phenoxy) is 1. The number of rotatable bonds is 5. The van der Waals surface area contributed by atoms with Crippen molar-refractivity contribution < 1.29 is 14.3 Å². The van der Waals surface area contributed by atoms with E-state index >= 15 is 0 Å². The summed E-state index contributed by atoms with van der Waals surface area (Å²) in [6.07, 6.45) is 7.03. The van der Waals surface area contributed by atoms with E-state index in [-0.39, 0.29) is 17.7 Å². The molecule has 2 heterocycles. The molecule has 2 aromatic rings. The molecule has 30 heavy (non-hydrogen) atoms. The average molecular weight is 408 g/mol. The molecule has 0 N–H and O–H groups in total. The first-order chi connectivity index (χ1) is 14.5. The van der Waals surface area contributed by atoms with Gasteiger partial charge in [-0.05, 0) is 41.7 Å². The first kappa shape index (κ1) is 20.5. The van der Waals surface area contributed by atoms with Crippen molar-refractivity contribution in [1.82, 2.24) is 14.8 Å². The number of amides is 2. The SMILES string of the molecule is CN(C)C(=O)[C@]1(Cc2ccc(-c3ccncc3)cc2)CN(C(=O)C2CCC2)CCO1. The molecule has 4 rings (SSSR count). The molecule has 6 nitrogen and oxygen atoms in total. The minimum absolute atomic E-state index is 0.0909. The van der Waals surface area contributed by atoms with Crippen molar-refractivity contribution in [2.75, 3.05) is 33.8 Å². The van der Waals surface area contributed by atoms with Crippen LogP contribution in [0.15, 0.2) is 48.8 Å². The van der Waals surface area contributed by atoms with Crippen LogP contribution >= 0.6 is 0 Å². The largest absolute Gasteiger partial charge is 0.361 e. The van der Waals surface area contributed by atoms with E-state index in [1.807, 2.05) is 29.2 Å². The van der Waals surface area contributed by atoms with Crippen molar-refractivity contribution in [3.63, 3.8) is 0 Å². The molecule has 1 saturated heterocycles. The molecule has 0 bridgehead atoms. The second kappa shape index (κ2) is 8.56. The van der Waals surface area contributed by atoms with E-state index in [2.05, 4.69) is 17.1 Å². The third kappa shape index (κ3) is 4.10. The Bertz CT molecular complexity index is 894. The first-order valence-corrected chi connectivity index (χ1v) is 10.6. The van der Waals surface area contributed by atoms with E-state index in [1.54, 1.807) is 31.4 Å². The van der Waals surface area contributed by atoms with Crippen molar-refractivity contribution in [2.45, 2.75) is 31.3 Å². The molecule has 1 saturated carbocycles. The number of likely N-dealkylation sites (N-methyl/N-ethyl adjacent to an activating group) is 1. The molecule has 0 unspecified atom stereocenters. The van der Waals surface area contributed by atoms with E-state index < -0.39 is 5.60 Å². The van der Waals surface area contributed by atoms with Crippen LogP contribution in [-0.2, 0) is 20.7 Å². The zero-order valence-corrected chi connectivity index (χ0v) is 17.7. The van der Waals surface area contributed by atoms with Gasteiger partial charge in [-0.2, -0.15) is 0 Å². The van der Waals surface area contributed by atoms with Gasteiger partial charge in [0.2, 0.25) is 5.91 Å². The molecule has 1 aromatic carbocycles. The number of carbonyl (C=O) groups excluding carboxylic acids is 2. The lowest BCUT2D eigenvalue weighted by atomic mass is 9.83. The fraction of sp³-hybridized carbons (Fsp3) is 0.458. The number of carbonyl (C=O) groups is 2. The minimum atomic E-state index is -1.04. The molecule has 1 atom stereocenters. The molecule has 1 aliphatic carbocycles. The lowest BCUT2D eigenvalue weighted by molar-refractivity contribution is -0.174. The molecule has 1 aliphatic heterocycles. The fourth-order valence-corrected chi connectivity index (χ4v) is 4.29. The van der Waals surface area contributed by atoms with Crippen LogP contribution in [0, 0.1) is 5.92 Å². The Labute approximate surface area is 177 Å². The number of nitrogens with zero attached hydrogens (tertiary/aromatic N) is 3. The number of benzene rings is 1. The van der Waals surface area contributed by atoms with Crippen LogP contribution in [0.4, 0.5) is 0 Å². The third-order valence-electron chi connectivity index (χ3n) is 6.21. The maximum absolute atomic E-state index is 13.2. The van der Waals surface area contributed by atoms with Gasteiger partial charge in [0, 0.05) is 45.4 Å². The second-order valence-electron chi connectivity index (χ2n) is 8.54. The van der Waals surface area contributed by atoms with Gasteiger partial charge >= 0.3 is 0 Å². The van der Waals surface area contributed by atoms with Crippen molar-refractivity contribution in [1.29, 1.82) is 0 Å². The van der Waals surface area contributed by atoms with Crippen LogP contribution in [0.3, 0.4) is 0 Å². The van der Waals surface area contributed by atoms with E-state index in [0.717, 1.165) is 36.0 Å². The highest BCUT2D eigenvalue weighted by atomic mass is 16.5. The Morgan fingerprint density at radius 3 is 2.37 bits per heavy atom. The highest BCUT2D eigenvalue weighted by Gasteiger charge is 2.47. The summed E-state index contributed by atoms with van der Waals surface area (Å²) >= 11 is 0. The van der Waals surface area contributed by atoms with Gasteiger partial charge in [-0.15, -0.1) is 0 Å². The monoisotopic (exact) mass is 407 g/mol. The normalized spacial score (nSPS) is 21.7. The molecule has 0 radical (unpaired) electrons. The lowest BCUT2D eigenvalue weighted by Gasteiger charge is -2.44. The fourth-order valence-electron chi connectivity index (χ4n) is 4.29. The van der Waals surface area contributed by atoms with Crippen LogP contribution in [0.2, 0.25) is 0 Å². The molecule has 6 heteroatoms. The summed E-state index contributed by atoms with van der Waals surface area (Å²) in [6, 6.07) is 12.1. The number of morpholine rings is 1. The molecular formula is C24H29N3O3. The maximum atomic E-state index is 13.2. The number of pyridine rings is 1. The van der Waals surface area contributed by atoms with Crippen molar-refractivity contribution in [2.24, 2.45) is 5.92 Å². The predicted octanol–water partition coefficient (Wildman–Crippen LogP) is 2.78. The number of aromatic nitrogens is 1. The van der Waals surface area contributed by atoms with Crippen LogP contribution in [0.1, 0.15) is 24.8 Å². The molecule has 1 aromatic heterocycles. The molecule has 2 amide bonds. The quantitative estimate of drug-likeness (QED) is 0.765. The van der Waals surface area contributed by atoms with Crippen LogP contribution in [0.5, 0.6) is 0 Å². The van der Waals surface area contributed by atoms with Gasteiger partial charge in [-0.3, -0.25) is 14.6 Å². The van der Waals surface area contributed by atoms with Gasteiger partial charge in [0.05, 0.1) is 13.2 Å².